The largest absolute Gasteiger partial charge is 0.383 e. The predicted octanol–water partition coefficient (Wildman–Crippen LogP) is 1.42. The first kappa shape index (κ1) is 19.6. The zero-order valence-corrected chi connectivity index (χ0v) is 16.1. The van der Waals surface area contributed by atoms with Gasteiger partial charge in [-0.1, -0.05) is 12.1 Å². The first-order valence-corrected chi connectivity index (χ1v) is 9.92. The molecule has 28 heavy (non-hydrogen) atoms. The number of amides is 1. The third kappa shape index (κ3) is 4.24. The minimum absolute atomic E-state index is 0.0433. The van der Waals surface area contributed by atoms with Gasteiger partial charge in [0.1, 0.15) is 0 Å². The fourth-order valence-corrected chi connectivity index (χ4v) is 3.85. The van der Waals surface area contributed by atoms with Gasteiger partial charge in [-0.3, -0.25) is 9.52 Å². The van der Waals surface area contributed by atoms with Gasteiger partial charge in [-0.2, -0.15) is 0 Å². The van der Waals surface area contributed by atoms with Gasteiger partial charge in [-0.25, -0.2) is 13.2 Å². The van der Waals surface area contributed by atoms with Crippen molar-refractivity contribution in [1.29, 1.82) is 0 Å². The SMILES string of the molecule is COCC(C)NC(=O)c1ccccc1NS(=O)(=O)c1ccc2[nH]c(=O)[nH]c2c1. The molecule has 0 spiro atoms. The highest BCUT2D eigenvalue weighted by Crippen LogP contribution is 2.22. The molecule has 0 aliphatic heterocycles. The number of sulfonamides is 1. The number of aromatic amines is 2. The molecule has 3 rings (SSSR count). The van der Waals surface area contributed by atoms with Crippen molar-refractivity contribution >= 4 is 32.7 Å². The van der Waals surface area contributed by atoms with Crippen molar-refractivity contribution in [2.75, 3.05) is 18.4 Å². The summed E-state index contributed by atoms with van der Waals surface area (Å²) in [4.78, 5) is 28.9. The lowest BCUT2D eigenvalue weighted by Crippen LogP contribution is -2.36. The van der Waals surface area contributed by atoms with Crippen LogP contribution < -0.4 is 15.7 Å². The van der Waals surface area contributed by atoms with Crippen LogP contribution in [0.25, 0.3) is 11.0 Å². The number of benzene rings is 2. The van der Waals surface area contributed by atoms with E-state index < -0.39 is 21.6 Å². The number of carbonyl (C=O) groups is 1. The van der Waals surface area contributed by atoms with Crippen LogP contribution in [0.2, 0.25) is 0 Å². The lowest BCUT2D eigenvalue weighted by molar-refractivity contribution is 0.0906. The van der Waals surface area contributed by atoms with E-state index in [1.165, 1.54) is 37.4 Å². The summed E-state index contributed by atoms with van der Waals surface area (Å²) in [5, 5.41) is 2.75. The van der Waals surface area contributed by atoms with Crippen molar-refractivity contribution in [3.63, 3.8) is 0 Å². The van der Waals surface area contributed by atoms with Gasteiger partial charge in [-0.05, 0) is 37.3 Å². The number of para-hydroxylation sites is 1. The summed E-state index contributed by atoms with van der Waals surface area (Å²) in [6.07, 6.45) is 0. The molecular weight excluding hydrogens is 384 g/mol. The lowest BCUT2D eigenvalue weighted by atomic mass is 10.1. The van der Waals surface area contributed by atoms with Crippen molar-refractivity contribution in [3.05, 3.63) is 58.5 Å². The van der Waals surface area contributed by atoms with Crippen molar-refractivity contribution in [2.24, 2.45) is 0 Å². The maximum absolute atomic E-state index is 12.8. The Morgan fingerprint density at radius 2 is 1.86 bits per heavy atom. The number of methoxy groups -OCH3 is 1. The van der Waals surface area contributed by atoms with Gasteiger partial charge in [-0.15, -0.1) is 0 Å². The Balaban J connectivity index is 1.89. The number of H-pyrrole nitrogens is 2. The molecule has 4 N–H and O–H groups in total. The van der Waals surface area contributed by atoms with E-state index in [4.69, 9.17) is 4.74 Å². The molecule has 0 fully saturated rings. The molecule has 0 saturated carbocycles. The third-order valence-corrected chi connectivity index (χ3v) is 5.37. The number of hydrogen-bond donors (Lipinski definition) is 4. The number of rotatable bonds is 7. The first-order valence-electron chi connectivity index (χ1n) is 8.44. The second-order valence-corrected chi connectivity index (χ2v) is 7.95. The summed E-state index contributed by atoms with van der Waals surface area (Å²) in [5.74, 6) is -0.423. The molecule has 148 valence electrons. The van der Waals surface area contributed by atoms with Crippen molar-refractivity contribution in [1.82, 2.24) is 15.3 Å². The molecule has 0 radical (unpaired) electrons. The van der Waals surface area contributed by atoms with Crippen LogP contribution in [0.3, 0.4) is 0 Å². The molecule has 0 saturated heterocycles. The van der Waals surface area contributed by atoms with Crippen LogP contribution in [-0.4, -0.2) is 44.1 Å². The highest BCUT2D eigenvalue weighted by molar-refractivity contribution is 7.92. The molecule has 1 aromatic heterocycles. The molecule has 1 amide bonds. The number of imidazole rings is 1. The van der Waals surface area contributed by atoms with Gasteiger partial charge in [0.2, 0.25) is 0 Å². The van der Waals surface area contributed by atoms with E-state index in [1.807, 2.05) is 0 Å². The molecule has 3 aromatic rings. The molecule has 1 heterocycles. The average molecular weight is 404 g/mol. The summed E-state index contributed by atoms with van der Waals surface area (Å²) < 4.78 is 33.0. The van der Waals surface area contributed by atoms with Gasteiger partial charge in [0, 0.05) is 13.2 Å². The van der Waals surface area contributed by atoms with Crippen molar-refractivity contribution in [3.8, 4) is 0 Å². The Hall–Kier alpha value is -3.11. The fourth-order valence-electron chi connectivity index (χ4n) is 2.75. The van der Waals surface area contributed by atoms with Crippen LogP contribution in [0.15, 0.2) is 52.2 Å². The van der Waals surface area contributed by atoms with E-state index in [-0.39, 0.29) is 22.2 Å². The summed E-state index contributed by atoms with van der Waals surface area (Å²) >= 11 is 0. The minimum atomic E-state index is -3.98. The van der Waals surface area contributed by atoms with Crippen LogP contribution in [-0.2, 0) is 14.8 Å². The summed E-state index contributed by atoms with van der Waals surface area (Å²) in [6, 6.07) is 10.3. The molecular formula is C18H20N4O5S. The number of anilines is 1. The summed E-state index contributed by atoms with van der Waals surface area (Å²) in [7, 11) is -2.45. The fraction of sp³-hybridized carbons (Fsp3) is 0.222. The zero-order valence-electron chi connectivity index (χ0n) is 15.3. The smallest absolute Gasteiger partial charge is 0.323 e. The normalized spacial score (nSPS) is 12.6. The molecule has 2 aromatic carbocycles. The van der Waals surface area contributed by atoms with E-state index in [1.54, 1.807) is 19.1 Å². The van der Waals surface area contributed by atoms with Gasteiger partial charge >= 0.3 is 5.69 Å². The minimum Gasteiger partial charge on any atom is -0.383 e. The highest BCUT2D eigenvalue weighted by Gasteiger charge is 2.20. The predicted molar refractivity (Wildman–Crippen MR) is 105 cm³/mol. The number of aromatic nitrogens is 2. The Morgan fingerprint density at radius 1 is 1.14 bits per heavy atom. The van der Waals surface area contributed by atoms with Crippen LogP contribution in [0.4, 0.5) is 5.69 Å². The second kappa shape index (κ2) is 7.87. The molecule has 0 bridgehead atoms. The van der Waals surface area contributed by atoms with Crippen LogP contribution in [0.5, 0.6) is 0 Å². The number of ether oxygens (including phenoxy) is 1. The number of hydrogen-bond acceptors (Lipinski definition) is 5. The monoisotopic (exact) mass is 404 g/mol. The van der Waals surface area contributed by atoms with E-state index in [9.17, 15) is 18.0 Å². The van der Waals surface area contributed by atoms with Crippen LogP contribution in [0, 0.1) is 0 Å². The first-order chi connectivity index (χ1) is 13.3. The lowest BCUT2D eigenvalue weighted by Gasteiger charge is -2.16. The Kier molecular flexibility index (Phi) is 5.52. The average Bonchev–Trinajstić information content (AvgIpc) is 3.01. The molecule has 1 unspecified atom stereocenters. The molecule has 0 aliphatic carbocycles. The van der Waals surface area contributed by atoms with E-state index >= 15 is 0 Å². The van der Waals surface area contributed by atoms with E-state index in [0.29, 0.717) is 17.6 Å². The molecule has 1 atom stereocenters. The highest BCUT2D eigenvalue weighted by atomic mass is 32.2. The maximum Gasteiger partial charge on any atom is 0.323 e. The molecule has 0 aliphatic rings. The third-order valence-electron chi connectivity index (χ3n) is 4.01. The van der Waals surface area contributed by atoms with Crippen LogP contribution >= 0.6 is 0 Å². The quantitative estimate of drug-likeness (QED) is 0.473. The number of fused-ring (bicyclic) bond motifs is 1. The Labute approximate surface area is 161 Å². The second-order valence-electron chi connectivity index (χ2n) is 6.27. The van der Waals surface area contributed by atoms with Gasteiger partial charge in [0.15, 0.2) is 0 Å². The van der Waals surface area contributed by atoms with Gasteiger partial charge in [0.05, 0.1) is 33.8 Å². The molecule has 10 heteroatoms. The standard InChI is InChI=1S/C18H20N4O5S/c1-11(10-27-2)19-17(23)13-5-3-4-6-14(13)22-28(25,26)12-7-8-15-16(9-12)21-18(24)20-15/h3-9,11,22H,10H2,1-2H3,(H,19,23)(H2,20,21,24). The molecule has 9 nitrogen and oxygen atoms in total. The van der Waals surface area contributed by atoms with Gasteiger partial charge < -0.3 is 20.0 Å². The summed E-state index contributed by atoms with van der Waals surface area (Å²) in [5.41, 5.74) is 0.769. The summed E-state index contributed by atoms with van der Waals surface area (Å²) in [6.45, 7) is 2.11. The topological polar surface area (TPSA) is 133 Å². The van der Waals surface area contributed by atoms with Crippen LogP contribution in [0.1, 0.15) is 17.3 Å². The number of nitrogens with one attached hydrogen (secondary N) is 4. The van der Waals surface area contributed by atoms with Gasteiger partial charge in [0.25, 0.3) is 15.9 Å². The zero-order chi connectivity index (χ0) is 20.3. The van der Waals surface area contributed by atoms with Crippen molar-refractivity contribution in [2.45, 2.75) is 17.9 Å². The number of carbonyl (C=O) groups excluding carboxylic acids is 1. The maximum atomic E-state index is 12.8. The van der Waals surface area contributed by atoms with E-state index in [0.717, 1.165) is 0 Å². The van der Waals surface area contributed by atoms with E-state index in [2.05, 4.69) is 20.0 Å². The van der Waals surface area contributed by atoms with Crippen molar-refractivity contribution < 1.29 is 17.9 Å². The Bertz CT molecular complexity index is 1170. The Morgan fingerprint density at radius 3 is 2.61 bits per heavy atom.